The van der Waals surface area contributed by atoms with Crippen LogP contribution in [0.25, 0.3) is 0 Å². The molecule has 7 heteroatoms. The van der Waals surface area contributed by atoms with Crippen LogP contribution in [0.2, 0.25) is 0 Å². The number of rotatable bonds is 8. The van der Waals surface area contributed by atoms with Gasteiger partial charge in [0.2, 0.25) is 15.9 Å². The number of carbonyl (C=O) groups is 1. The fourth-order valence-corrected chi connectivity index (χ4v) is 3.93. The van der Waals surface area contributed by atoms with E-state index in [1.54, 1.807) is 30.3 Å². The number of benzene rings is 3. The molecule has 0 saturated carbocycles. The number of nitrogens with one attached hydrogen (secondary N) is 3. The highest BCUT2D eigenvalue weighted by atomic mass is 32.2. The van der Waals surface area contributed by atoms with Crippen LogP contribution in [-0.2, 0) is 14.8 Å². The molecule has 3 rings (SSSR count). The zero-order valence-corrected chi connectivity index (χ0v) is 17.8. The van der Waals surface area contributed by atoms with Gasteiger partial charge in [0.05, 0.1) is 4.90 Å². The van der Waals surface area contributed by atoms with Gasteiger partial charge in [-0.25, -0.2) is 13.1 Å². The average molecular weight is 424 g/mol. The molecule has 0 unspecified atom stereocenters. The molecule has 0 radical (unpaired) electrons. The molecule has 0 aliphatic carbocycles. The first-order chi connectivity index (χ1) is 14.3. The highest BCUT2D eigenvalue weighted by Crippen LogP contribution is 2.19. The molecule has 0 aliphatic rings. The molecule has 0 atom stereocenters. The van der Waals surface area contributed by atoms with Crippen molar-refractivity contribution in [3.63, 3.8) is 0 Å². The van der Waals surface area contributed by atoms with E-state index in [-0.39, 0.29) is 23.8 Å². The molecule has 0 saturated heterocycles. The van der Waals surface area contributed by atoms with Gasteiger partial charge in [-0.15, -0.1) is 0 Å². The van der Waals surface area contributed by atoms with Crippen molar-refractivity contribution in [1.29, 1.82) is 0 Å². The van der Waals surface area contributed by atoms with Crippen molar-refractivity contribution in [3.05, 3.63) is 83.9 Å². The fraction of sp³-hybridized carbons (Fsp3) is 0.174. The predicted molar refractivity (Wildman–Crippen MR) is 121 cm³/mol. The van der Waals surface area contributed by atoms with E-state index in [0.29, 0.717) is 5.69 Å². The summed E-state index contributed by atoms with van der Waals surface area (Å²) in [6, 6.07) is 22.1. The molecule has 0 heterocycles. The molecule has 6 nitrogen and oxygen atoms in total. The first kappa shape index (κ1) is 21.5. The van der Waals surface area contributed by atoms with Gasteiger partial charge in [0.15, 0.2) is 0 Å². The van der Waals surface area contributed by atoms with Crippen molar-refractivity contribution in [2.45, 2.75) is 25.2 Å². The third kappa shape index (κ3) is 5.92. The number of hydrogen-bond donors (Lipinski definition) is 3. The zero-order valence-electron chi connectivity index (χ0n) is 17.0. The fourth-order valence-electron chi connectivity index (χ4n) is 2.81. The smallest absolute Gasteiger partial charge is 0.240 e. The Kier molecular flexibility index (Phi) is 6.87. The van der Waals surface area contributed by atoms with Crippen LogP contribution in [-0.4, -0.2) is 20.9 Å². The van der Waals surface area contributed by atoms with E-state index >= 15 is 0 Å². The van der Waals surface area contributed by atoms with E-state index in [1.165, 1.54) is 0 Å². The van der Waals surface area contributed by atoms with Crippen LogP contribution in [0.4, 0.5) is 17.1 Å². The summed E-state index contributed by atoms with van der Waals surface area (Å²) in [4.78, 5) is 12.3. The third-order valence-corrected chi connectivity index (χ3v) is 6.12. The molecule has 3 N–H and O–H groups in total. The molecule has 30 heavy (non-hydrogen) atoms. The molecular formula is C23H25N3O3S. The number of aryl methyl sites for hydroxylation is 2. The maximum atomic E-state index is 12.4. The first-order valence-corrected chi connectivity index (χ1v) is 11.1. The number of anilines is 3. The van der Waals surface area contributed by atoms with Crippen molar-refractivity contribution in [2.75, 3.05) is 17.2 Å². The van der Waals surface area contributed by atoms with Gasteiger partial charge in [-0.05, 0) is 73.5 Å². The Labute approximate surface area is 177 Å². The summed E-state index contributed by atoms with van der Waals surface area (Å²) in [6.07, 6.45) is 0.0358. The van der Waals surface area contributed by atoms with Crippen molar-refractivity contribution >= 4 is 33.0 Å². The van der Waals surface area contributed by atoms with Gasteiger partial charge in [-0.1, -0.05) is 24.3 Å². The van der Waals surface area contributed by atoms with Crippen LogP contribution in [0.5, 0.6) is 0 Å². The van der Waals surface area contributed by atoms with Crippen LogP contribution < -0.4 is 15.4 Å². The van der Waals surface area contributed by atoms with E-state index in [9.17, 15) is 13.2 Å². The summed E-state index contributed by atoms with van der Waals surface area (Å²) in [7, 11) is -3.64. The Balaban J connectivity index is 1.49. The van der Waals surface area contributed by atoms with Crippen molar-refractivity contribution in [2.24, 2.45) is 0 Å². The van der Waals surface area contributed by atoms with Gasteiger partial charge in [0, 0.05) is 30.0 Å². The lowest BCUT2D eigenvalue weighted by Gasteiger charge is -2.10. The predicted octanol–water partition coefficient (Wildman–Crippen LogP) is 4.35. The summed E-state index contributed by atoms with van der Waals surface area (Å²) in [5, 5.41) is 6.04. The Morgan fingerprint density at radius 2 is 1.43 bits per heavy atom. The van der Waals surface area contributed by atoms with Gasteiger partial charge < -0.3 is 10.6 Å². The Hall–Kier alpha value is -3.16. The van der Waals surface area contributed by atoms with E-state index < -0.39 is 10.0 Å². The summed E-state index contributed by atoms with van der Waals surface area (Å²) in [5.41, 5.74) is 4.46. The largest absolute Gasteiger partial charge is 0.356 e. The molecule has 0 aromatic heterocycles. The zero-order chi connectivity index (χ0) is 21.6. The van der Waals surface area contributed by atoms with Gasteiger partial charge in [-0.3, -0.25) is 4.79 Å². The molecule has 156 valence electrons. The van der Waals surface area contributed by atoms with Gasteiger partial charge >= 0.3 is 0 Å². The molecule has 0 spiro atoms. The number of para-hydroxylation sites is 1. The standard InChI is InChI=1S/C23H25N3O3S/c1-17-8-13-22(16-18(17)2)30(28,29)24-15-14-23(27)26-21-11-9-20(10-12-21)25-19-6-4-3-5-7-19/h3-13,16,24-25H,14-15H2,1-2H3,(H,26,27). The minimum absolute atomic E-state index is 0.0226. The summed E-state index contributed by atoms with van der Waals surface area (Å²) in [5.74, 6) is -0.262. The van der Waals surface area contributed by atoms with Crippen LogP contribution in [0, 0.1) is 13.8 Å². The lowest BCUT2D eigenvalue weighted by atomic mass is 10.1. The van der Waals surface area contributed by atoms with Crippen LogP contribution in [0.15, 0.2) is 77.7 Å². The minimum Gasteiger partial charge on any atom is -0.356 e. The van der Waals surface area contributed by atoms with Crippen LogP contribution in [0.1, 0.15) is 17.5 Å². The molecule has 3 aromatic rings. The third-order valence-electron chi connectivity index (χ3n) is 4.66. The second-order valence-electron chi connectivity index (χ2n) is 7.01. The van der Waals surface area contributed by atoms with E-state index in [1.807, 2.05) is 56.3 Å². The number of hydrogen-bond acceptors (Lipinski definition) is 4. The lowest BCUT2D eigenvalue weighted by molar-refractivity contribution is -0.116. The van der Waals surface area contributed by atoms with Crippen molar-refractivity contribution < 1.29 is 13.2 Å². The number of amides is 1. The Morgan fingerprint density at radius 3 is 2.10 bits per heavy atom. The van der Waals surface area contributed by atoms with Crippen LogP contribution >= 0.6 is 0 Å². The summed E-state index contributed by atoms with van der Waals surface area (Å²) in [6.45, 7) is 3.81. The SMILES string of the molecule is Cc1ccc(S(=O)(=O)NCCC(=O)Nc2ccc(Nc3ccccc3)cc2)cc1C. The molecule has 0 fully saturated rings. The summed E-state index contributed by atoms with van der Waals surface area (Å²) < 4.78 is 27.2. The van der Waals surface area contributed by atoms with Gasteiger partial charge in [0.1, 0.15) is 0 Å². The molecule has 1 amide bonds. The van der Waals surface area contributed by atoms with E-state index in [0.717, 1.165) is 22.5 Å². The van der Waals surface area contributed by atoms with E-state index in [2.05, 4.69) is 15.4 Å². The maximum Gasteiger partial charge on any atom is 0.240 e. The number of carbonyl (C=O) groups excluding carboxylic acids is 1. The summed E-state index contributed by atoms with van der Waals surface area (Å²) >= 11 is 0. The molecule has 0 bridgehead atoms. The molecule has 3 aromatic carbocycles. The lowest BCUT2D eigenvalue weighted by Crippen LogP contribution is -2.28. The maximum absolute atomic E-state index is 12.4. The second kappa shape index (κ2) is 9.56. The Bertz CT molecular complexity index is 1110. The Morgan fingerprint density at radius 1 is 0.800 bits per heavy atom. The second-order valence-corrected chi connectivity index (χ2v) is 8.78. The minimum atomic E-state index is -3.64. The van der Waals surface area contributed by atoms with Gasteiger partial charge in [-0.2, -0.15) is 0 Å². The highest BCUT2D eigenvalue weighted by molar-refractivity contribution is 7.89. The molecular weight excluding hydrogens is 398 g/mol. The number of sulfonamides is 1. The highest BCUT2D eigenvalue weighted by Gasteiger charge is 2.15. The van der Waals surface area contributed by atoms with Crippen molar-refractivity contribution in [3.8, 4) is 0 Å². The van der Waals surface area contributed by atoms with Gasteiger partial charge in [0.25, 0.3) is 0 Å². The first-order valence-electron chi connectivity index (χ1n) is 9.62. The molecule has 0 aliphatic heterocycles. The monoisotopic (exact) mass is 423 g/mol. The van der Waals surface area contributed by atoms with E-state index in [4.69, 9.17) is 0 Å². The quantitative estimate of drug-likeness (QED) is 0.503. The topological polar surface area (TPSA) is 87.3 Å². The average Bonchev–Trinajstić information content (AvgIpc) is 2.72. The van der Waals surface area contributed by atoms with Crippen LogP contribution in [0.3, 0.4) is 0 Å². The normalized spacial score (nSPS) is 11.1. The van der Waals surface area contributed by atoms with Crippen molar-refractivity contribution in [1.82, 2.24) is 4.72 Å².